The van der Waals surface area contributed by atoms with E-state index < -0.39 is 17.7 Å². The molecule has 196 valence electrons. The number of nitrogens with zero attached hydrogens (tertiary/aromatic N) is 4. The summed E-state index contributed by atoms with van der Waals surface area (Å²) >= 11 is 1.34. The number of aromatic nitrogens is 3. The van der Waals surface area contributed by atoms with Gasteiger partial charge in [0.2, 0.25) is 0 Å². The molecule has 0 radical (unpaired) electrons. The Hall–Kier alpha value is -4.50. The lowest BCUT2D eigenvalue weighted by atomic mass is 9.96. The zero-order valence-electron chi connectivity index (χ0n) is 21.7. The Morgan fingerprint density at radius 3 is 2.72 bits per heavy atom. The molecule has 5 aromatic rings. The molecular formula is C30H26N4O4S. The summed E-state index contributed by atoms with van der Waals surface area (Å²) in [5, 5.41) is 12.1. The molecule has 0 saturated carbocycles. The number of fused-ring (bicyclic) bond motifs is 2. The van der Waals surface area contributed by atoms with E-state index in [1.807, 2.05) is 74.5 Å². The van der Waals surface area contributed by atoms with Crippen molar-refractivity contribution in [3.63, 3.8) is 0 Å². The molecule has 1 amide bonds. The highest BCUT2D eigenvalue weighted by molar-refractivity contribution is 7.22. The Balaban J connectivity index is 1.59. The lowest BCUT2D eigenvalue weighted by Crippen LogP contribution is -2.29. The van der Waals surface area contributed by atoms with Crippen molar-refractivity contribution in [1.29, 1.82) is 0 Å². The summed E-state index contributed by atoms with van der Waals surface area (Å²) < 4.78 is 8.49. The van der Waals surface area contributed by atoms with E-state index in [-0.39, 0.29) is 11.3 Å². The van der Waals surface area contributed by atoms with Crippen molar-refractivity contribution >= 4 is 49.8 Å². The number of hydrogen-bond acceptors (Lipinski definition) is 7. The Kier molecular flexibility index (Phi) is 6.15. The minimum Gasteiger partial charge on any atom is -0.505 e. The smallest absolute Gasteiger partial charge is 0.301 e. The second-order valence-electron chi connectivity index (χ2n) is 9.53. The molecule has 3 aromatic heterocycles. The highest BCUT2D eigenvalue weighted by Gasteiger charge is 2.48. The van der Waals surface area contributed by atoms with E-state index in [2.05, 4.69) is 4.98 Å². The number of thiazole rings is 1. The van der Waals surface area contributed by atoms with Gasteiger partial charge in [-0.25, -0.2) is 9.97 Å². The van der Waals surface area contributed by atoms with Gasteiger partial charge in [0, 0.05) is 6.20 Å². The maximum absolute atomic E-state index is 13.7. The van der Waals surface area contributed by atoms with Crippen molar-refractivity contribution in [2.24, 2.45) is 0 Å². The minimum absolute atomic E-state index is 0.0168. The van der Waals surface area contributed by atoms with Crippen LogP contribution >= 0.6 is 11.3 Å². The van der Waals surface area contributed by atoms with Crippen LogP contribution in [0, 0.1) is 13.8 Å². The van der Waals surface area contributed by atoms with Crippen LogP contribution in [0.15, 0.2) is 72.4 Å². The first-order valence-corrected chi connectivity index (χ1v) is 13.5. The number of rotatable bonds is 6. The van der Waals surface area contributed by atoms with Crippen LogP contribution in [0.25, 0.3) is 21.6 Å². The van der Waals surface area contributed by atoms with Gasteiger partial charge in [-0.15, -0.1) is 0 Å². The first-order valence-electron chi connectivity index (χ1n) is 12.7. The fraction of sp³-hybridized carbons (Fsp3) is 0.200. The van der Waals surface area contributed by atoms with Crippen LogP contribution in [-0.4, -0.2) is 37.8 Å². The molecule has 1 aliphatic heterocycles. The van der Waals surface area contributed by atoms with Gasteiger partial charge in [0.05, 0.1) is 34.1 Å². The molecule has 1 atom stereocenters. The molecule has 0 aliphatic carbocycles. The molecule has 6 rings (SSSR count). The average Bonchev–Trinajstić information content (AvgIpc) is 3.57. The Morgan fingerprint density at radius 1 is 1.05 bits per heavy atom. The number of carbonyl (C=O) groups excluding carboxylic acids is 2. The maximum Gasteiger partial charge on any atom is 0.301 e. The van der Waals surface area contributed by atoms with Gasteiger partial charge in [0.25, 0.3) is 5.78 Å². The van der Waals surface area contributed by atoms with Crippen molar-refractivity contribution in [2.45, 2.75) is 33.2 Å². The van der Waals surface area contributed by atoms with Gasteiger partial charge in [0.15, 0.2) is 10.9 Å². The number of benzene rings is 2. The van der Waals surface area contributed by atoms with Crippen molar-refractivity contribution in [2.75, 3.05) is 11.5 Å². The second-order valence-corrected chi connectivity index (χ2v) is 10.5. The van der Waals surface area contributed by atoms with Crippen molar-refractivity contribution in [3.05, 3.63) is 94.9 Å². The number of Topliss-reactive ketones (excluding diaryl/α,β-unsaturated/α-hetero) is 1. The number of amides is 1. The number of ketones is 1. The molecule has 1 unspecified atom stereocenters. The largest absolute Gasteiger partial charge is 0.505 e. The van der Waals surface area contributed by atoms with Crippen LogP contribution in [0.3, 0.4) is 0 Å². The van der Waals surface area contributed by atoms with Gasteiger partial charge < -0.3 is 9.84 Å². The van der Waals surface area contributed by atoms with Gasteiger partial charge in [-0.3, -0.25) is 18.9 Å². The van der Waals surface area contributed by atoms with E-state index in [0.29, 0.717) is 40.1 Å². The lowest BCUT2D eigenvalue weighted by Gasteiger charge is -2.23. The molecule has 9 heteroatoms. The lowest BCUT2D eigenvalue weighted by molar-refractivity contribution is -0.132. The second kappa shape index (κ2) is 9.67. The number of ether oxygens (including phenoxy) is 1. The predicted octanol–water partition coefficient (Wildman–Crippen LogP) is 5.98. The Bertz CT molecular complexity index is 1800. The van der Waals surface area contributed by atoms with E-state index in [9.17, 15) is 14.7 Å². The summed E-state index contributed by atoms with van der Waals surface area (Å²) in [6, 6.07) is 17.7. The molecule has 1 saturated heterocycles. The van der Waals surface area contributed by atoms with E-state index in [0.717, 1.165) is 22.2 Å². The summed E-state index contributed by atoms with van der Waals surface area (Å²) in [6.07, 6.45) is 2.60. The molecule has 1 N–H and O–H groups in total. The fourth-order valence-electron chi connectivity index (χ4n) is 4.99. The quantitative estimate of drug-likeness (QED) is 0.162. The third-order valence-electron chi connectivity index (χ3n) is 6.76. The molecular weight excluding hydrogens is 512 g/mol. The van der Waals surface area contributed by atoms with Crippen LogP contribution in [0.1, 0.15) is 41.9 Å². The third-order valence-corrected chi connectivity index (χ3v) is 7.78. The molecule has 4 heterocycles. The van der Waals surface area contributed by atoms with Gasteiger partial charge >= 0.3 is 5.91 Å². The highest BCUT2D eigenvalue weighted by Crippen LogP contribution is 2.45. The standard InChI is InChI=1S/C30H26N4O4S/c1-4-14-38-20-9-7-8-19(16-20)26-24(27(35)25-18(3)31-23-10-5-6-13-33(23)25)28(36)29(37)34(26)30-32-21-12-11-17(2)15-22(21)39-30/h5-13,15-16,26,35H,4,14H2,1-3H3. The van der Waals surface area contributed by atoms with Crippen LogP contribution in [0.2, 0.25) is 0 Å². The Morgan fingerprint density at radius 2 is 1.90 bits per heavy atom. The molecule has 1 fully saturated rings. The summed E-state index contributed by atoms with van der Waals surface area (Å²) in [4.78, 5) is 38.0. The fourth-order valence-corrected chi connectivity index (χ4v) is 6.08. The van der Waals surface area contributed by atoms with Gasteiger partial charge in [0.1, 0.15) is 17.1 Å². The topological polar surface area (TPSA) is 97.0 Å². The monoisotopic (exact) mass is 538 g/mol. The van der Waals surface area contributed by atoms with Gasteiger partial charge in [-0.1, -0.05) is 42.5 Å². The summed E-state index contributed by atoms with van der Waals surface area (Å²) in [6.45, 7) is 6.31. The first kappa shape index (κ1) is 24.8. The van der Waals surface area contributed by atoms with E-state index >= 15 is 0 Å². The van der Waals surface area contributed by atoms with Gasteiger partial charge in [-0.05, 0) is 67.8 Å². The van der Waals surface area contributed by atoms with Crippen LogP contribution in [0.5, 0.6) is 5.75 Å². The normalized spacial score (nSPS) is 17.0. The van der Waals surface area contributed by atoms with Crippen LogP contribution < -0.4 is 9.64 Å². The first-order chi connectivity index (χ1) is 18.9. The van der Waals surface area contributed by atoms with E-state index in [4.69, 9.17) is 9.72 Å². The Labute approximate surface area is 228 Å². The molecule has 8 nitrogen and oxygen atoms in total. The number of imidazole rings is 1. The molecule has 2 aromatic carbocycles. The number of carbonyl (C=O) groups is 2. The SMILES string of the molecule is CCCOc1cccc(C2C(=C(O)c3c(C)nc4ccccn34)C(=O)C(=O)N2c2nc3ccc(C)cc3s2)c1. The number of hydrogen-bond donors (Lipinski definition) is 1. The molecule has 39 heavy (non-hydrogen) atoms. The molecule has 1 aliphatic rings. The minimum atomic E-state index is -0.912. The van der Waals surface area contributed by atoms with E-state index in [1.165, 1.54) is 16.2 Å². The summed E-state index contributed by atoms with van der Waals surface area (Å²) in [5.74, 6) is -1.19. The summed E-state index contributed by atoms with van der Waals surface area (Å²) in [7, 11) is 0. The summed E-state index contributed by atoms with van der Waals surface area (Å²) in [5.41, 5.74) is 3.95. The number of aliphatic hydroxyl groups is 1. The van der Waals surface area contributed by atoms with Crippen LogP contribution in [0.4, 0.5) is 5.13 Å². The van der Waals surface area contributed by atoms with Crippen molar-refractivity contribution < 1.29 is 19.4 Å². The maximum atomic E-state index is 13.7. The number of anilines is 1. The van der Waals surface area contributed by atoms with Gasteiger partial charge in [-0.2, -0.15) is 0 Å². The zero-order chi connectivity index (χ0) is 27.3. The average molecular weight is 539 g/mol. The van der Waals surface area contributed by atoms with Crippen LogP contribution in [-0.2, 0) is 9.59 Å². The zero-order valence-corrected chi connectivity index (χ0v) is 22.5. The third kappa shape index (κ3) is 4.15. The highest BCUT2D eigenvalue weighted by atomic mass is 32.1. The van der Waals surface area contributed by atoms with E-state index in [1.54, 1.807) is 17.5 Å². The van der Waals surface area contributed by atoms with Crippen molar-refractivity contribution in [3.8, 4) is 5.75 Å². The van der Waals surface area contributed by atoms with Crippen molar-refractivity contribution in [1.82, 2.24) is 14.4 Å². The number of pyridine rings is 1. The molecule has 0 bridgehead atoms. The molecule has 0 spiro atoms. The number of aliphatic hydroxyl groups excluding tert-OH is 1. The predicted molar refractivity (Wildman–Crippen MR) is 151 cm³/mol. The number of aryl methyl sites for hydroxylation is 2.